The second kappa shape index (κ2) is 4.76. The maximum atomic E-state index is 13.7. The second-order valence-corrected chi connectivity index (χ2v) is 4.72. The molecule has 0 saturated carbocycles. The fraction of sp³-hybridized carbons (Fsp3) is 0.100. The number of H-pyrrole nitrogens is 1. The highest BCUT2D eigenvalue weighted by Gasteiger charge is 2.15. The molecule has 0 atom stereocenters. The first-order valence-corrected chi connectivity index (χ1v) is 5.90. The Morgan fingerprint density at radius 2 is 2.21 bits per heavy atom. The number of nitrogens with one attached hydrogen (secondary N) is 1. The molecule has 0 aliphatic rings. The normalized spacial score (nSPS) is 10.6. The zero-order valence-corrected chi connectivity index (χ0v) is 10.6. The van der Waals surface area contributed by atoms with Crippen LogP contribution in [-0.2, 0) is 7.05 Å². The molecule has 0 saturated heterocycles. The molecule has 1 amide bonds. The highest BCUT2D eigenvalue weighted by Crippen LogP contribution is 2.30. The molecule has 0 spiro atoms. The van der Waals surface area contributed by atoms with E-state index in [2.05, 4.69) is 10.2 Å². The number of carbonyl (C=O) groups excluding carboxylic acids is 1. The van der Waals surface area contributed by atoms with Gasteiger partial charge in [-0.3, -0.25) is 9.36 Å². The summed E-state index contributed by atoms with van der Waals surface area (Å²) in [5.74, 6) is -1.38. The average Bonchev–Trinajstić information content (AvgIpc) is 2.64. The van der Waals surface area contributed by atoms with Gasteiger partial charge in [-0.05, 0) is 23.9 Å². The number of halogens is 1. The van der Waals surface area contributed by atoms with Crippen LogP contribution in [0.4, 0.5) is 10.1 Å². The van der Waals surface area contributed by atoms with Gasteiger partial charge in [0, 0.05) is 12.7 Å². The summed E-state index contributed by atoms with van der Waals surface area (Å²) in [6.45, 7) is 0. The Morgan fingerprint density at radius 1 is 1.53 bits per heavy atom. The molecular formula is C10H10FN5O2S. The zero-order valence-electron chi connectivity index (χ0n) is 9.81. The largest absolute Gasteiger partial charge is 0.398 e. The molecule has 1 aromatic heterocycles. The Bertz CT molecular complexity index is 708. The molecule has 1 heterocycles. The van der Waals surface area contributed by atoms with E-state index in [1.54, 1.807) is 0 Å². The number of aromatic nitrogens is 3. The maximum Gasteiger partial charge on any atom is 0.343 e. The van der Waals surface area contributed by atoms with Crippen molar-refractivity contribution < 1.29 is 9.18 Å². The Hall–Kier alpha value is -2.29. The van der Waals surface area contributed by atoms with Crippen LogP contribution in [0.2, 0.25) is 0 Å². The van der Waals surface area contributed by atoms with Gasteiger partial charge in [0.25, 0.3) is 5.91 Å². The van der Waals surface area contributed by atoms with Crippen molar-refractivity contribution in [1.82, 2.24) is 14.8 Å². The molecule has 19 heavy (non-hydrogen) atoms. The fourth-order valence-electron chi connectivity index (χ4n) is 1.38. The summed E-state index contributed by atoms with van der Waals surface area (Å²) in [5.41, 5.74) is 10.2. The van der Waals surface area contributed by atoms with Crippen molar-refractivity contribution >= 4 is 23.4 Å². The van der Waals surface area contributed by atoms with Crippen LogP contribution >= 0.6 is 11.8 Å². The van der Waals surface area contributed by atoms with E-state index in [0.29, 0.717) is 0 Å². The predicted octanol–water partition coefficient (Wildman–Crippen LogP) is 0.0798. The van der Waals surface area contributed by atoms with E-state index >= 15 is 0 Å². The van der Waals surface area contributed by atoms with Gasteiger partial charge < -0.3 is 11.5 Å². The van der Waals surface area contributed by atoms with Gasteiger partial charge in [-0.2, -0.15) is 0 Å². The van der Waals surface area contributed by atoms with Crippen molar-refractivity contribution in [1.29, 1.82) is 0 Å². The number of hydrogen-bond acceptors (Lipinski definition) is 5. The van der Waals surface area contributed by atoms with E-state index in [0.717, 1.165) is 17.8 Å². The number of amides is 1. The van der Waals surface area contributed by atoms with E-state index in [1.165, 1.54) is 17.7 Å². The van der Waals surface area contributed by atoms with Crippen LogP contribution in [0.15, 0.2) is 27.0 Å². The first kappa shape index (κ1) is 13.1. The summed E-state index contributed by atoms with van der Waals surface area (Å²) in [5, 5.41) is 6.20. The minimum Gasteiger partial charge on any atom is -0.398 e. The van der Waals surface area contributed by atoms with Crippen molar-refractivity contribution in [3.8, 4) is 0 Å². The van der Waals surface area contributed by atoms with Gasteiger partial charge in [0.1, 0.15) is 5.82 Å². The Kier molecular flexibility index (Phi) is 3.30. The van der Waals surface area contributed by atoms with E-state index in [4.69, 9.17) is 11.5 Å². The Labute approximate surface area is 110 Å². The SMILES string of the molecule is Cn1c(Sc2cc(C(N)=O)c(N)cc2F)n[nH]c1=O. The van der Waals surface area contributed by atoms with Crippen LogP contribution in [0.3, 0.4) is 0 Å². The van der Waals surface area contributed by atoms with Gasteiger partial charge in [0.15, 0.2) is 5.16 Å². The lowest BCUT2D eigenvalue weighted by molar-refractivity contribution is 0.100. The predicted molar refractivity (Wildman–Crippen MR) is 67.3 cm³/mol. The summed E-state index contributed by atoms with van der Waals surface area (Å²) in [4.78, 5) is 22.4. The average molecular weight is 283 g/mol. The van der Waals surface area contributed by atoms with Crippen molar-refractivity contribution in [3.05, 3.63) is 34.0 Å². The van der Waals surface area contributed by atoms with Gasteiger partial charge in [-0.15, -0.1) is 5.10 Å². The van der Waals surface area contributed by atoms with E-state index in [1.807, 2.05) is 0 Å². The fourth-order valence-corrected chi connectivity index (χ4v) is 2.22. The van der Waals surface area contributed by atoms with Crippen LogP contribution in [0.1, 0.15) is 10.4 Å². The number of hydrogen-bond donors (Lipinski definition) is 3. The maximum absolute atomic E-state index is 13.7. The molecule has 0 aliphatic heterocycles. The lowest BCUT2D eigenvalue weighted by Gasteiger charge is -2.06. The topological polar surface area (TPSA) is 120 Å². The number of nitrogens with two attached hydrogens (primary N) is 2. The van der Waals surface area contributed by atoms with Gasteiger partial charge >= 0.3 is 5.69 Å². The summed E-state index contributed by atoms with van der Waals surface area (Å²) in [7, 11) is 1.48. The number of nitrogens with zero attached hydrogens (tertiary/aromatic N) is 2. The van der Waals surface area contributed by atoms with Gasteiger partial charge in [-0.1, -0.05) is 0 Å². The molecule has 2 rings (SSSR count). The highest BCUT2D eigenvalue weighted by atomic mass is 32.2. The van der Waals surface area contributed by atoms with Crippen molar-refractivity contribution in [2.24, 2.45) is 12.8 Å². The molecule has 0 bridgehead atoms. The quantitative estimate of drug-likeness (QED) is 0.689. The van der Waals surface area contributed by atoms with Gasteiger partial charge in [-0.25, -0.2) is 14.3 Å². The number of nitrogen functional groups attached to an aromatic ring is 1. The van der Waals surface area contributed by atoms with Gasteiger partial charge in [0.05, 0.1) is 10.5 Å². The Balaban J connectivity index is 2.45. The smallest absolute Gasteiger partial charge is 0.343 e. The molecule has 100 valence electrons. The minimum absolute atomic E-state index is 0.0180. The summed E-state index contributed by atoms with van der Waals surface area (Å²) in [6.07, 6.45) is 0. The first-order valence-electron chi connectivity index (χ1n) is 5.08. The molecular weight excluding hydrogens is 273 g/mol. The molecule has 7 nitrogen and oxygen atoms in total. The van der Waals surface area contributed by atoms with Crippen LogP contribution in [-0.4, -0.2) is 20.7 Å². The zero-order chi connectivity index (χ0) is 14.2. The minimum atomic E-state index is -0.754. The number of aromatic amines is 1. The van der Waals surface area contributed by atoms with Crippen LogP contribution in [0.25, 0.3) is 0 Å². The lowest BCUT2D eigenvalue weighted by atomic mass is 10.1. The molecule has 9 heteroatoms. The molecule has 0 unspecified atom stereocenters. The highest BCUT2D eigenvalue weighted by molar-refractivity contribution is 7.99. The first-order chi connectivity index (χ1) is 8.90. The van der Waals surface area contributed by atoms with E-state index in [9.17, 15) is 14.0 Å². The number of rotatable bonds is 3. The van der Waals surface area contributed by atoms with Crippen molar-refractivity contribution in [3.63, 3.8) is 0 Å². The number of anilines is 1. The molecule has 0 radical (unpaired) electrons. The molecule has 0 aliphatic carbocycles. The Morgan fingerprint density at radius 3 is 2.74 bits per heavy atom. The van der Waals surface area contributed by atoms with E-state index in [-0.39, 0.29) is 21.3 Å². The van der Waals surface area contributed by atoms with Crippen molar-refractivity contribution in [2.75, 3.05) is 5.73 Å². The van der Waals surface area contributed by atoms with Crippen LogP contribution in [0.5, 0.6) is 0 Å². The third kappa shape index (κ3) is 2.45. The number of primary amides is 1. The summed E-state index contributed by atoms with van der Waals surface area (Å²) in [6, 6.07) is 2.24. The van der Waals surface area contributed by atoms with Gasteiger partial charge in [0.2, 0.25) is 0 Å². The lowest BCUT2D eigenvalue weighted by Crippen LogP contribution is -2.14. The summed E-state index contributed by atoms with van der Waals surface area (Å²) >= 11 is 0.884. The number of carbonyl (C=O) groups is 1. The molecule has 0 fully saturated rings. The van der Waals surface area contributed by atoms with Crippen LogP contribution in [0, 0.1) is 5.82 Å². The molecule has 1 aromatic carbocycles. The standard InChI is InChI=1S/C10H10FN5O2S/c1-16-9(18)14-15-10(16)19-7-2-4(8(13)17)6(12)3-5(7)11/h2-3H,12H2,1H3,(H2,13,17)(H,14,18). The molecule has 2 aromatic rings. The third-order valence-corrected chi connectivity index (χ3v) is 3.49. The van der Waals surface area contributed by atoms with Crippen LogP contribution < -0.4 is 17.2 Å². The molecule has 5 N–H and O–H groups in total. The monoisotopic (exact) mass is 283 g/mol. The summed E-state index contributed by atoms with van der Waals surface area (Å²) < 4.78 is 15.0. The van der Waals surface area contributed by atoms with Crippen molar-refractivity contribution in [2.45, 2.75) is 10.1 Å². The number of benzene rings is 1. The van der Waals surface area contributed by atoms with E-state index < -0.39 is 17.4 Å². The third-order valence-electron chi connectivity index (χ3n) is 2.41. The second-order valence-electron chi connectivity index (χ2n) is 3.71.